The largest absolute Gasteiger partial charge is 0.310 e. The van der Waals surface area contributed by atoms with Crippen molar-refractivity contribution in [3.05, 3.63) is 29.8 Å². The van der Waals surface area contributed by atoms with Crippen molar-refractivity contribution in [1.29, 1.82) is 0 Å². The van der Waals surface area contributed by atoms with Crippen LogP contribution in [-0.2, 0) is 26.2 Å². The number of sulfone groups is 2. The van der Waals surface area contributed by atoms with E-state index in [4.69, 9.17) is 0 Å². The molecule has 1 aromatic rings. The van der Waals surface area contributed by atoms with Crippen LogP contribution in [0.4, 0.5) is 0 Å². The quantitative estimate of drug-likeness (QED) is 0.875. The second-order valence-corrected chi connectivity index (χ2v) is 10.5. The maximum atomic E-state index is 11.7. The van der Waals surface area contributed by atoms with Crippen molar-refractivity contribution >= 4 is 19.7 Å². The average Bonchev–Trinajstić information content (AvgIpc) is 2.44. The lowest BCUT2D eigenvalue weighted by molar-refractivity contribution is 0.371. The molecule has 1 N–H and O–H groups in total. The molecule has 0 spiro atoms. The lowest BCUT2D eigenvalue weighted by atomic mass is 9.95. The highest BCUT2D eigenvalue weighted by Gasteiger charge is 2.28. The third-order valence-corrected chi connectivity index (χ3v) is 6.95. The van der Waals surface area contributed by atoms with E-state index in [1.807, 2.05) is 0 Å². The van der Waals surface area contributed by atoms with Gasteiger partial charge in [0.15, 0.2) is 9.84 Å². The van der Waals surface area contributed by atoms with Crippen LogP contribution in [0, 0.1) is 0 Å². The van der Waals surface area contributed by atoms with Crippen molar-refractivity contribution in [1.82, 2.24) is 5.32 Å². The molecule has 0 aromatic heterocycles. The Morgan fingerprint density at radius 3 is 2.23 bits per heavy atom. The smallest absolute Gasteiger partial charge is 0.175 e. The lowest BCUT2D eigenvalue weighted by Gasteiger charge is -2.28. The van der Waals surface area contributed by atoms with Gasteiger partial charge in [-0.1, -0.05) is 18.6 Å². The normalized spacial score (nSPS) is 23.4. The first kappa shape index (κ1) is 17.4. The van der Waals surface area contributed by atoms with Crippen LogP contribution in [0.5, 0.6) is 0 Å². The maximum absolute atomic E-state index is 11.7. The summed E-state index contributed by atoms with van der Waals surface area (Å²) in [6.45, 7) is 0.616. The van der Waals surface area contributed by atoms with Crippen molar-refractivity contribution < 1.29 is 16.8 Å². The van der Waals surface area contributed by atoms with Crippen LogP contribution in [0.2, 0.25) is 0 Å². The van der Waals surface area contributed by atoms with Crippen molar-refractivity contribution in [3.63, 3.8) is 0 Å². The first-order chi connectivity index (χ1) is 10.2. The van der Waals surface area contributed by atoms with Gasteiger partial charge in [0.05, 0.1) is 10.1 Å². The molecule has 2 unspecified atom stereocenters. The van der Waals surface area contributed by atoms with Crippen LogP contribution in [0.1, 0.15) is 31.2 Å². The minimum atomic E-state index is -3.17. The Bertz CT molecular complexity index is 708. The fraction of sp³-hybridized carbons (Fsp3) is 0.600. The number of hydrogen-bond acceptors (Lipinski definition) is 5. The molecular weight excluding hydrogens is 322 g/mol. The van der Waals surface area contributed by atoms with Gasteiger partial charge in [0.1, 0.15) is 9.84 Å². The summed E-state index contributed by atoms with van der Waals surface area (Å²) in [7, 11) is -6.14. The van der Waals surface area contributed by atoms with Crippen molar-refractivity contribution in [3.8, 4) is 0 Å². The van der Waals surface area contributed by atoms with E-state index in [1.165, 1.54) is 12.5 Å². The van der Waals surface area contributed by atoms with Gasteiger partial charge in [-0.25, -0.2) is 16.8 Å². The molecule has 0 heterocycles. The minimum absolute atomic E-state index is 0.197. The highest BCUT2D eigenvalue weighted by Crippen LogP contribution is 2.24. The number of rotatable bonds is 5. The summed E-state index contributed by atoms with van der Waals surface area (Å²) >= 11 is 0. The minimum Gasteiger partial charge on any atom is -0.310 e. The molecule has 2 atom stereocenters. The Morgan fingerprint density at radius 2 is 1.68 bits per heavy atom. The molecule has 1 aliphatic rings. The van der Waals surface area contributed by atoms with Gasteiger partial charge >= 0.3 is 0 Å². The fourth-order valence-electron chi connectivity index (χ4n) is 2.84. The van der Waals surface area contributed by atoms with E-state index >= 15 is 0 Å². The third kappa shape index (κ3) is 4.79. The Labute approximate surface area is 133 Å². The molecule has 0 saturated heterocycles. The summed E-state index contributed by atoms with van der Waals surface area (Å²) < 4.78 is 46.1. The molecule has 2 rings (SSSR count). The molecule has 22 heavy (non-hydrogen) atoms. The van der Waals surface area contributed by atoms with E-state index in [0.717, 1.165) is 24.8 Å². The standard InChI is InChI=1S/C15H23NO4S2/c1-21(17,18)14-8-6-12(7-9-14)11-16-13-4-3-5-15(10-13)22(2,19)20/h6-9,13,15-16H,3-5,10-11H2,1-2H3. The van der Waals surface area contributed by atoms with Gasteiger partial charge in [-0.05, 0) is 37.0 Å². The molecular formula is C15H23NO4S2. The van der Waals surface area contributed by atoms with E-state index in [1.54, 1.807) is 24.3 Å². The van der Waals surface area contributed by atoms with Gasteiger partial charge < -0.3 is 5.32 Å². The van der Waals surface area contributed by atoms with E-state index < -0.39 is 19.7 Å². The second kappa shape index (κ2) is 6.68. The molecule has 124 valence electrons. The predicted molar refractivity (Wildman–Crippen MR) is 87.3 cm³/mol. The van der Waals surface area contributed by atoms with Gasteiger partial charge in [-0.15, -0.1) is 0 Å². The Morgan fingerprint density at radius 1 is 1.05 bits per heavy atom. The van der Waals surface area contributed by atoms with Crippen LogP contribution in [0.3, 0.4) is 0 Å². The molecule has 0 bridgehead atoms. The predicted octanol–water partition coefficient (Wildman–Crippen LogP) is 1.54. The SMILES string of the molecule is CS(=O)(=O)c1ccc(CNC2CCCC(S(C)(=O)=O)C2)cc1. The van der Waals surface area contributed by atoms with Gasteiger partial charge in [-0.2, -0.15) is 0 Å². The van der Waals surface area contributed by atoms with E-state index in [9.17, 15) is 16.8 Å². The average molecular weight is 345 g/mol. The zero-order chi connectivity index (χ0) is 16.4. The van der Waals surface area contributed by atoms with Crippen LogP contribution >= 0.6 is 0 Å². The second-order valence-electron chi connectivity index (χ2n) is 6.11. The molecule has 0 aliphatic heterocycles. The van der Waals surface area contributed by atoms with Crippen molar-refractivity contribution in [2.75, 3.05) is 12.5 Å². The van der Waals surface area contributed by atoms with E-state index in [0.29, 0.717) is 17.9 Å². The molecule has 1 saturated carbocycles. The third-order valence-electron chi connectivity index (χ3n) is 4.18. The van der Waals surface area contributed by atoms with Crippen molar-refractivity contribution in [2.24, 2.45) is 0 Å². The van der Waals surface area contributed by atoms with Crippen molar-refractivity contribution in [2.45, 2.75) is 48.4 Å². The van der Waals surface area contributed by atoms with Crippen LogP contribution in [-0.4, -0.2) is 40.6 Å². The highest BCUT2D eigenvalue weighted by molar-refractivity contribution is 7.91. The molecule has 7 heteroatoms. The molecule has 0 amide bonds. The fourth-order valence-corrected chi connectivity index (χ4v) is 4.64. The van der Waals surface area contributed by atoms with E-state index in [2.05, 4.69) is 5.32 Å². The number of hydrogen-bond donors (Lipinski definition) is 1. The lowest BCUT2D eigenvalue weighted by Crippen LogP contribution is -2.38. The summed E-state index contributed by atoms with van der Waals surface area (Å²) in [5.74, 6) is 0. The van der Waals surface area contributed by atoms with Crippen LogP contribution in [0.15, 0.2) is 29.2 Å². The summed E-state index contributed by atoms with van der Waals surface area (Å²) in [6, 6.07) is 6.99. The summed E-state index contributed by atoms with van der Waals surface area (Å²) in [6.07, 6.45) is 5.80. The Kier molecular flexibility index (Phi) is 5.29. The zero-order valence-electron chi connectivity index (χ0n) is 12.9. The van der Waals surface area contributed by atoms with Gasteiger partial charge in [0.25, 0.3) is 0 Å². The Balaban J connectivity index is 1.93. The molecule has 1 fully saturated rings. The topological polar surface area (TPSA) is 80.3 Å². The molecule has 1 aromatic carbocycles. The molecule has 1 aliphatic carbocycles. The first-order valence-electron chi connectivity index (χ1n) is 7.37. The molecule has 5 nitrogen and oxygen atoms in total. The summed E-state index contributed by atoms with van der Waals surface area (Å²) in [4.78, 5) is 0.311. The van der Waals surface area contributed by atoms with Crippen LogP contribution in [0.25, 0.3) is 0 Å². The highest BCUT2D eigenvalue weighted by atomic mass is 32.2. The monoisotopic (exact) mass is 345 g/mol. The summed E-state index contributed by atoms with van der Waals surface area (Å²) in [5.41, 5.74) is 0.994. The van der Waals surface area contributed by atoms with Gasteiger partial charge in [-0.3, -0.25) is 0 Å². The Hall–Kier alpha value is -0.920. The number of benzene rings is 1. The maximum Gasteiger partial charge on any atom is 0.175 e. The zero-order valence-corrected chi connectivity index (χ0v) is 14.6. The van der Waals surface area contributed by atoms with Gasteiger partial charge in [0.2, 0.25) is 0 Å². The molecule has 0 radical (unpaired) electrons. The van der Waals surface area contributed by atoms with Crippen LogP contribution < -0.4 is 5.32 Å². The first-order valence-corrected chi connectivity index (χ1v) is 11.2. The van der Waals surface area contributed by atoms with E-state index in [-0.39, 0.29) is 11.3 Å². The van der Waals surface area contributed by atoms with Gasteiger partial charge in [0, 0.05) is 25.1 Å². The summed E-state index contributed by atoms with van der Waals surface area (Å²) in [5, 5.41) is 3.14. The number of nitrogens with one attached hydrogen (secondary N) is 1.